The summed E-state index contributed by atoms with van der Waals surface area (Å²) in [7, 11) is 0. The molecule has 0 saturated carbocycles. The Kier molecular flexibility index (Phi) is 4.93. The lowest BCUT2D eigenvalue weighted by molar-refractivity contribution is -0.130. The summed E-state index contributed by atoms with van der Waals surface area (Å²) in [4.78, 5) is 14.6. The Morgan fingerprint density at radius 3 is 2.44 bits per heavy atom. The first kappa shape index (κ1) is 13.7. The van der Waals surface area contributed by atoms with Gasteiger partial charge in [-0.1, -0.05) is 20.3 Å². The molecular weight excluding hydrogens is 200 g/mol. The molecule has 16 heavy (non-hydrogen) atoms. The average Bonchev–Trinajstić information content (AvgIpc) is 2.29. The van der Waals surface area contributed by atoms with Gasteiger partial charge >= 0.3 is 0 Å². The van der Waals surface area contributed by atoms with Crippen LogP contribution in [0.25, 0.3) is 0 Å². The van der Waals surface area contributed by atoms with E-state index in [4.69, 9.17) is 0 Å². The van der Waals surface area contributed by atoms with Crippen LogP contribution in [0.3, 0.4) is 0 Å². The van der Waals surface area contributed by atoms with E-state index < -0.39 is 0 Å². The van der Waals surface area contributed by atoms with E-state index in [1.54, 1.807) is 0 Å². The Morgan fingerprint density at radius 1 is 1.38 bits per heavy atom. The lowest BCUT2D eigenvalue weighted by Crippen LogP contribution is -2.57. The van der Waals surface area contributed by atoms with E-state index in [0.29, 0.717) is 18.1 Å². The predicted octanol–water partition coefficient (Wildman–Crippen LogP) is 1.68. The molecule has 0 spiro atoms. The van der Waals surface area contributed by atoms with Gasteiger partial charge in [0.1, 0.15) is 0 Å². The third-order valence-electron chi connectivity index (χ3n) is 3.82. The van der Waals surface area contributed by atoms with Crippen LogP contribution in [-0.4, -0.2) is 42.4 Å². The van der Waals surface area contributed by atoms with Gasteiger partial charge < -0.3 is 5.32 Å². The minimum Gasteiger partial charge on any atom is -0.314 e. The normalized spacial score (nSPS) is 20.8. The number of carbonyl (C=O) groups excluding carboxylic acids is 1. The molecule has 1 aliphatic heterocycles. The number of nitrogens with one attached hydrogen (secondary N) is 1. The summed E-state index contributed by atoms with van der Waals surface area (Å²) >= 11 is 0. The van der Waals surface area contributed by atoms with Crippen LogP contribution in [0, 0.1) is 5.92 Å². The molecule has 1 rings (SSSR count). The number of hydrogen-bond acceptors (Lipinski definition) is 3. The second-order valence-corrected chi connectivity index (χ2v) is 5.44. The zero-order valence-electron chi connectivity index (χ0n) is 11.2. The van der Waals surface area contributed by atoms with Crippen molar-refractivity contribution < 1.29 is 4.79 Å². The highest BCUT2D eigenvalue weighted by Gasteiger charge is 2.34. The fraction of sp³-hybridized carbons (Fsp3) is 0.923. The lowest BCUT2D eigenvalue weighted by Gasteiger charge is -2.40. The zero-order valence-corrected chi connectivity index (χ0v) is 11.2. The van der Waals surface area contributed by atoms with E-state index >= 15 is 0 Å². The number of piperazine rings is 1. The monoisotopic (exact) mass is 226 g/mol. The van der Waals surface area contributed by atoms with Gasteiger partial charge in [0, 0.05) is 32.6 Å². The Labute approximate surface area is 99.6 Å². The maximum absolute atomic E-state index is 12.3. The maximum atomic E-state index is 12.3. The summed E-state index contributed by atoms with van der Waals surface area (Å²) in [6.45, 7) is 12.4. The molecule has 0 aromatic heterocycles. The number of ketones is 1. The Balaban J connectivity index is 2.56. The molecule has 0 radical (unpaired) electrons. The van der Waals surface area contributed by atoms with Crippen molar-refractivity contribution in [1.29, 1.82) is 0 Å². The van der Waals surface area contributed by atoms with Crippen molar-refractivity contribution in [2.75, 3.05) is 26.2 Å². The highest BCUT2D eigenvalue weighted by molar-refractivity contribution is 5.87. The van der Waals surface area contributed by atoms with Gasteiger partial charge in [0.05, 0.1) is 5.54 Å². The van der Waals surface area contributed by atoms with E-state index in [-0.39, 0.29) is 5.54 Å². The van der Waals surface area contributed by atoms with Gasteiger partial charge in [-0.25, -0.2) is 0 Å². The van der Waals surface area contributed by atoms with Gasteiger partial charge in [-0.3, -0.25) is 9.69 Å². The first-order valence-electron chi connectivity index (χ1n) is 6.47. The minimum absolute atomic E-state index is 0.286. The molecule has 0 bridgehead atoms. The van der Waals surface area contributed by atoms with Crippen molar-refractivity contribution in [2.24, 2.45) is 5.92 Å². The summed E-state index contributed by atoms with van der Waals surface area (Å²) < 4.78 is 0. The van der Waals surface area contributed by atoms with Crippen LogP contribution >= 0.6 is 0 Å². The Hall–Kier alpha value is -0.410. The average molecular weight is 226 g/mol. The summed E-state index contributed by atoms with van der Waals surface area (Å²) in [5.74, 6) is 0.901. The van der Waals surface area contributed by atoms with Crippen LogP contribution in [0.5, 0.6) is 0 Å². The molecule has 1 atom stereocenters. The third kappa shape index (κ3) is 3.29. The fourth-order valence-electron chi connectivity index (χ4n) is 2.11. The first-order valence-corrected chi connectivity index (χ1v) is 6.47. The van der Waals surface area contributed by atoms with Crippen LogP contribution in [0.1, 0.15) is 40.5 Å². The van der Waals surface area contributed by atoms with Crippen molar-refractivity contribution in [3.8, 4) is 0 Å². The molecule has 1 heterocycles. The summed E-state index contributed by atoms with van der Waals surface area (Å²) in [5, 5.41) is 3.32. The summed E-state index contributed by atoms with van der Waals surface area (Å²) in [6.07, 6.45) is 1.80. The molecular formula is C13H26N2O. The van der Waals surface area contributed by atoms with E-state index in [0.717, 1.165) is 32.6 Å². The SMILES string of the molecule is CCC(C)CC(=O)C(C)(C)N1CCNCC1. The molecule has 1 fully saturated rings. The standard InChI is InChI=1S/C13H26N2O/c1-5-11(2)10-12(16)13(3,4)15-8-6-14-7-9-15/h11,14H,5-10H2,1-4H3. The van der Waals surface area contributed by atoms with Crippen molar-refractivity contribution in [1.82, 2.24) is 10.2 Å². The molecule has 0 amide bonds. The van der Waals surface area contributed by atoms with E-state index in [9.17, 15) is 4.79 Å². The minimum atomic E-state index is -0.286. The van der Waals surface area contributed by atoms with Gasteiger partial charge in [0.25, 0.3) is 0 Å². The van der Waals surface area contributed by atoms with Gasteiger partial charge in [0.15, 0.2) is 5.78 Å². The van der Waals surface area contributed by atoms with Crippen molar-refractivity contribution in [3.63, 3.8) is 0 Å². The van der Waals surface area contributed by atoms with Crippen molar-refractivity contribution in [3.05, 3.63) is 0 Å². The quantitative estimate of drug-likeness (QED) is 0.774. The third-order valence-corrected chi connectivity index (χ3v) is 3.82. The van der Waals surface area contributed by atoms with Crippen LogP contribution in [0.15, 0.2) is 0 Å². The van der Waals surface area contributed by atoms with Crippen LogP contribution < -0.4 is 5.32 Å². The number of hydrogen-bond donors (Lipinski definition) is 1. The Morgan fingerprint density at radius 2 is 1.94 bits per heavy atom. The van der Waals surface area contributed by atoms with Crippen LogP contribution in [0.4, 0.5) is 0 Å². The van der Waals surface area contributed by atoms with Crippen LogP contribution in [0.2, 0.25) is 0 Å². The van der Waals surface area contributed by atoms with E-state index in [2.05, 4.69) is 37.9 Å². The zero-order chi connectivity index (χ0) is 12.2. The second-order valence-electron chi connectivity index (χ2n) is 5.44. The Bertz CT molecular complexity index is 232. The highest BCUT2D eigenvalue weighted by atomic mass is 16.1. The lowest BCUT2D eigenvalue weighted by atomic mass is 9.88. The molecule has 3 heteroatoms. The topological polar surface area (TPSA) is 32.3 Å². The van der Waals surface area contributed by atoms with Crippen LogP contribution in [-0.2, 0) is 4.79 Å². The van der Waals surface area contributed by atoms with Crippen molar-refractivity contribution >= 4 is 5.78 Å². The highest BCUT2D eigenvalue weighted by Crippen LogP contribution is 2.21. The molecule has 0 aromatic carbocycles. The molecule has 1 N–H and O–H groups in total. The van der Waals surface area contributed by atoms with Gasteiger partial charge in [0.2, 0.25) is 0 Å². The number of carbonyl (C=O) groups is 1. The predicted molar refractivity (Wildman–Crippen MR) is 67.6 cm³/mol. The van der Waals surface area contributed by atoms with E-state index in [1.807, 2.05) is 0 Å². The van der Waals surface area contributed by atoms with Gasteiger partial charge in [-0.15, -0.1) is 0 Å². The molecule has 1 unspecified atom stereocenters. The van der Waals surface area contributed by atoms with E-state index in [1.165, 1.54) is 0 Å². The number of nitrogens with zero attached hydrogens (tertiary/aromatic N) is 1. The number of rotatable bonds is 5. The maximum Gasteiger partial charge on any atom is 0.152 e. The first-order chi connectivity index (χ1) is 7.48. The molecule has 0 aliphatic carbocycles. The van der Waals surface area contributed by atoms with Gasteiger partial charge in [-0.05, 0) is 19.8 Å². The molecule has 94 valence electrons. The fourth-order valence-corrected chi connectivity index (χ4v) is 2.11. The molecule has 0 aromatic rings. The molecule has 1 aliphatic rings. The largest absolute Gasteiger partial charge is 0.314 e. The smallest absolute Gasteiger partial charge is 0.152 e. The summed E-state index contributed by atoms with van der Waals surface area (Å²) in [5.41, 5.74) is -0.286. The molecule has 3 nitrogen and oxygen atoms in total. The van der Waals surface area contributed by atoms with Gasteiger partial charge in [-0.2, -0.15) is 0 Å². The summed E-state index contributed by atoms with van der Waals surface area (Å²) in [6, 6.07) is 0. The van der Waals surface area contributed by atoms with Crippen molar-refractivity contribution in [2.45, 2.75) is 46.1 Å². The molecule has 1 saturated heterocycles. The second kappa shape index (κ2) is 5.78. The number of Topliss-reactive ketones (excluding diaryl/α,β-unsaturated/α-hetero) is 1.